The summed E-state index contributed by atoms with van der Waals surface area (Å²) in [7, 11) is 7.48. The van der Waals surface area contributed by atoms with E-state index in [1.54, 1.807) is 14.2 Å². The molecular weight excluding hydrogens is 350 g/mol. The van der Waals surface area contributed by atoms with Crippen molar-refractivity contribution in [2.75, 3.05) is 34.9 Å². The summed E-state index contributed by atoms with van der Waals surface area (Å²) in [6.07, 6.45) is 4.54. The summed E-state index contributed by atoms with van der Waals surface area (Å²) in [5.41, 5.74) is 2.27. The highest BCUT2D eigenvalue weighted by atomic mass is 16.5. The number of benzene rings is 2. The van der Waals surface area contributed by atoms with Gasteiger partial charge in [0.15, 0.2) is 0 Å². The monoisotopic (exact) mass is 381 g/mol. The van der Waals surface area contributed by atoms with Crippen molar-refractivity contribution < 1.29 is 14.6 Å². The zero-order valence-electron chi connectivity index (χ0n) is 17.3. The summed E-state index contributed by atoms with van der Waals surface area (Å²) in [6, 6.07) is 16.0. The standard InChI is InChI=1S/C24H31NO3/c1-25(2)17-21-13-12-20(14-18-8-7-10-22(15-18)27-3)24(21,26)16-19-9-5-6-11-23(19)28-4/h5-11,14-15,21,26H,12-13,16-17H2,1-4H3. The molecule has 0 spiro atoms. The van der Waals surface area contributed by atoms with E-state index >= 15 is 0 Å². The Morgan fingerprint density at radius 1 is 1.11 bits per heavy atom. The number of hydrogen-bond acceptors (Lipinski definition) is 4. The zero-order valence-corrected chi connectivity index (χ0v) is 17.3. The normalized spacial score (nSPS) is 23.4. The van der Waals surface area contributed by atoms with Crippen LogP contribution in [0.2, 0.25) is 0 Å². The van der Waals surface area contributed by atoms with Crippen LogP contribution in [0, 0.1) is 5.92 Å². The van der Waals surface area contributed by atoms with Crippen molar-refractivity contribution in [1.29, 1.82) is 0 Å². The Kier molecular flexibility index (Phi) is 6.42. The van der Waals surface area contributed by atoms with Crippen LogP contribution in [-0.4, -0.2) is 50.5 Å². The molecule has 28 heavy (non-hydrogen) atoms. The molecule has 0 saturated heterocycles. The molecule has 4 nitrogen and oxygen atoms in total. The van der Waals surface area contributed by atoms with Gasteiger partial charge in [-0.3, -0.25) is 0 Å². The number of ether oxygens (including phenoxy) is 2. The molecule has 0 bridgehead atoms. The Bertz CT molecular complexity index is 830. The number of methoxy groups -OCH3 is 2. The SMILES string of the molecule is COc1cccc(C=C2CCC(CN(C)C)C2(O)Cc2ccccc2OC)c1. The predicted octanol–water partition coefficient (Wildman–Crippen LogP) is 4.03. The van der Waals surface area contributed by atoms with Gasteiger partial charge < -0.3 is 19.5 Å². The van der Waals surface area contributed by atoms with E-state index < -0.39 is 5.60 Å². The first-order valence-corrected chi connectivity index (χ1v) is 9.80. The highest BCUT2D eigenvalue weighted by molar-refractivity contribution is 5.58. The van der Waals surface area contributed by atoms with Crippen molar-refractivity contribution in [3.05, 3.63) is 65.2 Å². The Hall–Kier alpha value is -2.30. The number of para-hydroxylation sites is 1. The molecule has 2 atom stereocenters. The number of nitrogens with zero attached hydrogens (tertiary/aromatic N) is 1. The van der Waals surface area contributed by atoms with E-state index in [1.807, 2.05) is 42.5 Å². The molecule has 1 saturated carbocycles. The van der Waals surface area contributed by atoms with Crippen LogP contribution < -0.4 is 9.47 Å². The minimum Gasteiger partial charge on any atom is -0.497 e. The minimum absolute atomic E-state index is 0.171. The Morgan fingerprint density at radius 2 is 1.89 bits per heavy atom. The smallest absolute Gasteiger partial charge is 0.122 e. The van der Waals surface area contributed by atoms with Gasteiger partial charge in [0.1, 0.15) is 11.5 Å². The lowest BCUT2D eigenvalue weighted by Gasteiger charge is -2.34. The van der Waals surface area contributed by atoms with Gasteiger partial charge in [-0.05, 0) is 61.8 Å². The van der Waals surface area contributed by atoms with Crippen LogP contribution in [0.4, 0.5) is 0 Å². The molecule has 0 radical (unpaired) electrons. The summed E-state index contributed by atoms with van der Waals surface area (Å²) >= 11 is 0. The van der Waals surface area contributed by atoms with Crippen LogP contribution in [0.1, 0.15) is 24.0 Å². The molecular formula is C24H31NO3. The average Bonchev–Trinajstić information content (AvgIpc) is 2.97. The van der Waals surface area contributed by atoms with Crippen LogP contribution in [-0.2, 0) is 6.42 Å². The molecule has 1 aliphatic carbocycles. The van der Waals surface area contributed by atoms with Crippen molar-refractivity contribution in [2.24, 2.45) is 5.92 Å². The van der Waals surface area contributed by atoms with E-state index in [4.69, 9.17) is 9.47 Å². The largest absolute Gasteiger partial charge is 0.497 e. The third-order valence-electron chi connectivity index (χ3n) is 5.67. The van der Waals surface area contributed by atoms with Gasteiger partial charge in [-0.2, -0.15) is 0 Å². The fraction of sp³-hybridized carbons (Fsp3) is 0.417. The Balaban J connectivity index is 1.99. The Labute approximate surface area is 168 Å². The fourth-order valence-corrected chi connectivity index (χ4v) is 4.26. The molecule has 0 amide bonds. The molecule has 4 heteroatoms. The third-order valence-corrected chi connectivity index (χ3v) is 5.67. The van der Waals surface area contributed by atoms with Crippen LogP contribution in [0.15, 0.2) is 54.1 Å². The lowest BCUT2D eigenvalue weighted by Crippen LogP contribution is -2.42. The van der Waals surface area contributed by atoms with Gasteiger partial charge in [-0.15, -0.1) is 0 Å². The van der Waals surface area contributed by atoms with Crippen LogP contribution in [0.5, 0.6) is 11.5 Å². The summed E-state index contributed by atoms with van der Waals surface area (Å²) in [5.74, 6) is 1.82. The highest BCUT2D eigenvalue weighted by Crippen LogP contribution is 2.44. The van der Waals surface area contributed by atoms with E-state index in [0.717, 1.165) is 47.6 Å². The van der Waals surface area contributed by atoms with Crippen molar-refractivity contribution in [3.8, 4) is 11.5 Å². The first-order valence-electron chi connectivity index (χ1n) is 9.80. The Morgan fingerprint density at radius 3 is 2.61 bits per heavy atom. The molecule has 3 rings (SSSR count). The van der Waals surface area contributed by atoms with E-state index in [1.165, 1.54) is 0 Å². The molecule has 1 N–H and O–H groups in total. The van der Waals surface area contributed by atoms with Gasteiger partial charge >= 0.3 is 0 Å². The fourth-order valence-electron chi connectivity index (χ4n) is 4.26. The molecule has 1 fully saturated rings. The van der Waals surface area contributed by atoms with Gasteiger partial charge in [-0.1, -0.05) is 36.4 Å². The molecule has 0 aliphatic heterocycles. The number of rotatable bonds is 7. The maximum atomic E-state index is 11.9. The van der Waals surface area contributed by atoms with Crippen molar-refractivity contribution in [2.45, 2.75) is 24.9 Å². The number of hydrogen-bond donors (Lipinski definition) is 1. The van der Waals surface area contributed by atoms with Crippen LogP contribution in [0.3, 0.4) is 0 Å². The minimum atomic E-state index is -0.901. The molecule has 1 aliphatic rings. The third kappa shape index (κ3) is 4.40. The van der Waals surface area contributed by atoms with E-state index in [-0.39, 0.29) is 5.92 Å². The van der Waals surface area contributed by atoms with Gasteiger partial charge in [0, 0.05) is 18.9 Å². The molecule has 2 aromatic rings. The summed E-state index contributed by atoms with van der Waals surface area (Å²) in [5, 5.41) is 11.9. The molecule has 150 valence electrons. The first kappa shape index (κ1) is 20.4. The molecule has 0 aromatic heterocycles. The quantitative estimate of drug-likeness (QED) is 0.786. The lowest BCUT2D eigenvalue weighted by atomic mass is 9.81. The second-order valence-corrected chi connectivity index (χ2v) is 7.86. The first-order chi connectivity index (χ1) is 13.5. The number of aliphatic hydroxyl groups is 1. The second kappa shape index (κ2) is 8.80. The second-order valence-electron chi connectivity index (χ2n) is 7.86. The van der Waals surface area contributed by atoms with Crippen LogP contribution >= 0.6 is 0 Å². The topological polar surface area (TPSA) is 41.9 Å². The maximum Gasteiger partial charge on any atom is 0.122 e. The van der Waals surface area contributed by atoms with Gasteiger partial charge in [0.05, 0.1) is 19.8 Å². The summed E-state index contributed by atoms with van der Waals surface area (Å²) in [4.78, 5) is 2.16. The highest BCUT2D eigenvalue weighted by Gasteiger charge is 2.45. The van der Waals surface area contributed by atoms with Crippen molar-refractivity contribution in [1.82, 2.24) is 4.90 Å². The van der Waals surface area contributed by atoms with Crippen LogP contribution in [0.25, 0.3) is 6.08 Å². The van der Waals surface area contributed by atoms with Gasteiger partial charge in [0.25, 0.3) is 0 Å². The van der Waals surface area contributed by atoms with E-state index in [9.17, 15) is 5.11 Å². The van der Waals surface area contributed by atoms with E-state index in [2.05, 4.69) is 31.1 Å². The molecule has 2 aromatic carbocycles. The van der Waals surface area contributed by atoms with Gasteiger partial charge in [-0.25, -0.2) is 0 Å². The van der Waals surface area contributed by atoms with Crippen molar-refractivity contribution in [3.63, 3.8) is 0 Å². The lowest BCUT2D eigenvalue weighted by molar-refractivity contribution is 0.0252. The maximum absolute atomic E-state index is 11.9. The zero-order chi connectivity index (χ0) is 20.1. The predicted molar refractivity (Wildman–Crippen MR) is 114 cm³/mol. The molecule has 0 heterocycles. The average molecular weight is 382 g/mol. The van der Waals surface area contributed by atoms with E-state index in [0.29, 0.717) is 6.42 Å². The molecule has 2 unspecified atom stereocenters. The van der Waals surface area contributed by atoms with Gasteiger partial charge in [0.2, 0.25) is 0 Å². The summed E-state index contributed by atoms with van der Waals surface area (Å²) < 4.78 is 10.9. The summed E-state index contributed by atoms with van der Waals surface area (Å²) in [6.45, 7) is 0.848. The van der Waals surface area contributed by atoms with Crippen molar-refractivity contribution >= 4 is 6.08 Å².